The number of aryl methyl sites for hydroxylation is 1. The molecule has 4 rings (SSSR count). The van der Waals surface area contributed by atoms with Crippen molar-refractivity contribution in [3.63, 3.8) is 0 Å². The summed E-state index contributed by atoms with van der Waals surface area (Å²) in [6.07, 6.45) is 2.87. The van der Waals surface area contributed by atoms with E-state index < -0.39 is 32.1 Å². The topological polar surface area (TPSA) is 150 Å². The first-order valence-corrected chi connectivity index (χ1v) is 22.3. The van der Waals surface area contributed by atoms with Crippen LogP contribution in [0.1, 0.15) is 96.3 Å². The van der Waals surface area contributed by atoms with Gasteiger partial charge in [-0.3, -0.25) is 0 Å². The van der Waals surface area contributed by atoms with E-state index in [-0.39, 0.29) is 17.0 Å². The number of nitrogens with two attached hydrogens (primary N) is 1. The molecule has 13 heteroatoms. The molecule has 1 aliphatic carbocycles. The molecular weight excluding hydrogens is 736 g/mol. The monoisotopic (exact) mass is 794 g/mol. The number of anilines is 1. The molecule has 0 atom stereocenters. The Morgan fingerprint density at radius 2 is 1.60 bits per heavy atom. The first kappa shape index (κ1) is 43.5. The highest BCUT2D eigenvalue weighted by Crippen LogP contribution is 2.45. The average molecular weight is 795 g/mol. The maximum atomic E-state index is 13.1. The number of benzene rings is 3. The second-order valence-corrected chi connectivity index (χ2v) is 21.9. The van der Waals surface area contributed by atoms with E-state index in [1.807, 2.05) is 57.2 Å². The normalized spacial score (nSPS) is 16.2. The van der Waals surface area contributed by atoms with E-state index in [0.717, 1.165) is 53.5 Å². The van der Waals surface area contributed by atoms with Gasteiger partial charge in [-0.1, -0.05) is 74.8 Å². The van der Waals surface area contributed by atoms with Crippen molar-refractivity contribution in [1.82, 2.24) is 10.6 Å². The van der Waals surface area contributed by atoms with Gasteiger partial charge in [0, 0.05) is 35.3 Å². The summed E-state index contributed by atoms with van der Waals surface area (Å²) in [5.74, 6) is 1.08. The number of nitrogens with one attached hydrogen (secondary N) is 3. The first-order valence-electron chi connectivity index (χ1n) is 19.0. The largest absolute Gasteiger partial charge is 0.496 e. The summed E-state index contributed by atoms with van der Waals surface area (Å²) in [4.78, 5) is 37.9. The summed E-state index contributed by atoms with van der Waals surface area (Å²) in [7, 11) is -0.426. The first-order chi connectivity index (χ1) is 25.8. The van der Waals surface area contributed by atoms with Crippen molar-refractivity contribution in [2.45, 2.75) is 122 Å². The van der Waals surface area contributed by atoms with Crippen molar-refractivity contribution in [3.8, 4) is 22.6 Å². The van der Waals surface area contributed by atoms with Crippen LogP contribution in [0.5, 0.6) is 11.5 Å². The second kappa shape index (κ2) is 18.6. The number of amides is 4. The van der Waals surface area contributed by atoms with Gasteiger partial charge in [0.05, 0.1) is 24.4 Å². The number of halogens is 1. The van der Waals surface area contributed by atoms with Gasteiger partial charge in [0.25, 0.3) is 0 Å². The Labute approximate surface area is 332 Å². The van der Waals surface area contributed by atoms with Crippen LogP contribution >= 0.6 is 11.6 Å². The number of hydrogen-bond acceptors (Lipinski definition) is 7. The Morgan fingerprint density at radius 3 is 2.20 bits per heavy atom. The maximum absolute atomic E-state index is 13.1. The Morgan fingerprint density at radius 1 is 0.927 bits per heavy atom. The molecule has 1 fully saturated rings. The third-order valence-electron chi connectivity index (χ3n) is 10.4. The zero-order valence-corrected chi connectivity index (χ0v) is 35.6. The van der Waals surface area contributed by atoms with Crippen molar-refractivity contribution in [1.29, 1.82) is 0 Å². The third-order valence-corrected chi connectivity index (χ3v) is 15.1. The van der Waals surface area contributed by atoms with Crippen LogP contribution in [0.25, 0.3) is 11.1 Å². The number of urea groups is 1. The number of alkyl carbamates (subject to hydrolysis) is 1. The van der Waals surface area contributed by atoms with Crippen LogP contribution in [0.15, 0.2) is 54.6 Å². The lowest BCUT2D eigenvalue weighted by atomic mass is 9.78. The Hall–Kier alpha value is -4.26. The van der Waals surface area contributed by atoms with E-state index >= 15 is 0 Å². The van der Waals surface area contributed by atoms with Crippen molar-refractivity contribution in [2.75, 3.05) is 19.0 Å². The fourth-order valence-corrected chi connectivity index (χ4v) is 7.66. The molecule has 0 unspecified atom stereocenters. The number of carbonyl (C=O) groups excluding carboxylic acids is 3. The lowest BCUT2D eigenvalue weighted by molar-refractivity contribution is 0.0491. The molecule has 3 aromatic rings. The molecule has 0 radical (unpaired) electrons. The SMILES string of the molecule is COc1cc(NC(=O)NCCCc2ccc(-c3ccccc3)c(OC(N)=O)c2C2CCC(NC(=O)OC(C)(C)C)CC2)c(Cl)cc1CO[Si](C)(C)C(C)(C)C. The third kappa shape index (κ3) is 12.4. The fraction of sp³-hybridized carbons (Fsp3) is 0.500. The van der Waals surface area contributed by atoms with E-state index in [0.29, 0.717) is 48.2 Å². The van der Waals surface area contributed by atoms with Crippen LogP contribution in [0.4, 0.5) is 20.1 Å². The van der Waals surface area contributed by atoms with E-state index in [4.69, 9.17) is 36.0 Å². The molecule has 0 aliphatic heterocycles. The minimum atomic E-state index is -2.01. The van der Waals surface area contributed by atoms with Crippen molar-refractivity contribution < 1.29 is 33.0 Å². The van der Waals surface area contributed by atoms with Crippen molar-refractivity contribution >= 4 is 43.8 Å². The fourth-order valence-electron chi connectivity index (χ4n) is 6.48. The molecule has 0 aromatic heterocycles. The number of methoxy groups -OCH3 is 1. The Kier molecular flexibility index (Phi) is 14.7. The lowest BCUT2D eigenvalue weighted by Gasteiger charge is -2.36. The van der Waals surface area contributed by atoms with E-state index in [2.05, 4.69) is 55.9 Å². The lowest BCUT2D eigenvalue weighted by Crippen LogP contribution is -2.40. The minimum absolute atomic E-state index is 0.0321. The van der Waals surface area contributed by atoms with Gasteiger partial charge in [-0.15, -0.1) is 0 Å². The number of carbonyl (C=O) groups is 3. The standard InChI is InChI=1S/C42H59ClN4O7Si/c1-41(2,3)54-40(50)46-31-20-17-29(18-21-31)36-28(19-22-32(37(36)53-38(44)48)27-14-11-10-12-15-27)16-13-23-45-39(49)47-34-25-35(51-7)30(24-33(34)43)26-52-55(8,9)42(4,5)6/h10-12,14-15,19,22,24-25,29,31H,13,16-18,20-21,23,26H2,1-9H3,(H2,44,48)(H,46,50)(H2,45,47,49). The summed E-state index contributed by atoms with van der Waals surface area (Å²) in [6.45, 7) is 17.2. The van der Waals surface area contributed by atoms with Crippen LogP contribution in [-0.2, 0) is 22.2 Å². The molecule has 0 spiro atoms. The van der Waals surface area contributed by atoms with Crippen molar-refractivity contribution in [3.05, 3.63) is 76.3 Å². The van der Waals surface area contributed by atoms with E-state index in [1.165, 1.54) is 0 Å². The molecule has 3 aromatic carbocycles. The van der Waals surface area contributed by atoms with Gasteiger partial charge in [0.15, 0.2) is 8.32 Å². The van der Waals surface area contributed by atoms with Crippen LogP contribution < -0.4 is 31.2 Å². The molecule has 4 amide bonds. The quantitative estimate of drug-likeness (QED) is 0.0993. The smallest absolute Gasteiger partial charge is 0.409 e. The maximum Gasteiger partial charge on any atom is 0.409 e. The molecule has 0 saturated heterocycles. The predicted octanol–water partition coefficient (Wildman–Crippen LogP) is 10.3. The predicted molar refractivity (Wildman–Crippen MR) is 222 cm³/mol. The van der Waals surface area contributed by atoms with Gasteiger partial charge < -0.3 is 40.3 Å². The highest BCUT2D eigenvalue weighted by atomic mass is 35.5. The number of ether oxygens (including phenoxy) is 3. The van der Waals surface area contributed by atoms with Gasteiger partial charge in [-0.05, 0) is 101 Å². The summed E-state index contributed by atoms with van der Waals surface area (Å²) < 4.78 is 23.3. The number of hydrogen-bond donors (Lipinski definition) is 4. The molecule has 1 aliphatic rings. The molecule has 55 heavy (non-hydrogen) atoms. The molecule has 0 heterocycles. The summed E-state index contributed by atoms with van der Waals surface area (Å²) in [5.41, 5.74) is 9.91. The molecule has 0 bridgehead atoms. The Balaban J connectivity index is 1.47. The van der Waals surface area contributed by atoms with Crippen LogP contribution in [0.3, 0.4) is 0 Å². The summed E-state index contributed by atoms with van der Waals surface area (Å²) in [6, 6.07) is 16.8. The van der Waals surface area contributed by atoms with Gasteiger partial charge in [-0.2, -0.15) is 0 Å². The van der Waals surface area contributed by atoms with Crippen LogP contribution in [-0.4, -0.2) is 51.8 Å². The second-order valence-electron chi connectivity index (χ2n) is 16.7. The van der Waals surface area contributed by atoms with E-state index in [1.54, 1.807) is 19.2 Å². The molecule has 1 saturated carbocycles. The number of rotatable bonds is 13. The van der Waals surface area contributed by atoms with Crippen molar-refractivity contribution in [2.24, 2.45) is 5.73 Å². The molecular formula is C42H59ClN4O7Si. The zero-order chi connectivity index (χ0) is 40.6. The van der Waals surface area contributed by atoms with Gasteiger partial charge >= 0.3 is 18.2 Å². The van der Waals surface area contributed by atoms with E-state index in [9.17, 15) is 14.4 Å². The van der Waals surface area contributed by atoms with Crippen LogP contribution in [0.2, 0.25) is 23.2 Å². The molecule has 11 nitrogen and oxygen atoms in total. The van der Waals surface area contributed by atoms with Gasteiger partial charge in [0.2, 0.25) is 0 Å². The summed E-state index contributed by atoms with van der Waals surface area (Å²) >= 11 is 6.63. The highest BCUT2D eigenvalue weighted by molar-refractivity contribution is 6.74. The molecule has 5 N–H and O–H groups in total. The molecule has 300 valence electrons. The van der Waals surface area contributed by atoms with Gasteiger partial charge in [0.1, 0.15) is 17.1 Å². The zero-order valence-electron chi connectivity index (χ0n) is 33.8. The Bertz CT molecular complexity index is 1800. The van der Waals surface area contributed by atoms with Gasteiger partial charge in [-0.25, -0.2) is 14.4 Å². The highest BCUT2D eigenvalue weighted by Gasteiger charge is 2.37. The minimum Gasteiger partial charge on any atom is -0.496 e. The average Bonchev–Trinajstić information content (AvgIpc) is 3.09. The number of primary amides is 1. The van der Waals surface area contributed by atoms with Crippen LogP contribution in [0, 0.1) is 0 Å². The summed E-state index contributed by atoms with van der Waals surface area (Å²) in [5, 5.41) is 9.24.